The van der Waals surface area contributed by atoms with Gasteiger partial charge in [-0.15, -0.1) is 0 Å². The molecule has 0 amide bonds. The van der Waals surface area contributed by atoms with E-state index < -0.39 is 14.0 Å². The van der Waals surface area contributed by atoms with E-state index in [0.29, 0.717) is 11.8 Å². The van der Waals surface area contributed by atoms with E-state index in [1.54, 1.807) is 6.07 Å². The first-order chi connectivity index (χ1) is 7.81. The summed E-state index contributed by atoms with van der Waals surface area (Å²) < 4.78 is 6.93. The van der Waals surface area contributed by atoms with Gasteiger partial charge in [0.05, 0.1) is 0 Å². The number of halogens is 1. The molecule has 17 heavy (non-hydrogen) atoms. The summed E-state index contributed by atoms with van der Waals surface area (Å²) in [6.07, 6.45) is 0. The second-order valence-corrected chi connectivity index (χ2v) is 11.1. The minimum Gasteiger partial charge on any atom is -0.477 e. The highest BCUT2D eigenvalue weighted by Gasteiger charge is 2.14. The van der Waals surface area contributed by atoms with E-state index in [1.807, 2.05) is 0 Å². The average molecular weight is 276 g/mol. The molecule has 0 fully saturated rings. The Balaban J connectivity index is 2.52. The zero-order chi connectivity index (χ0) is 13.1. The normalized spacial score (nSPS) is 11.8. The van der Waals surface area contributed by atoms with Gasteiger partial charge in [-0.2, -0.15) is 0 Å². The summed E-state index contributed by atoms with van der Waals surface area (Å²) in [5.74, 6) is -0.995. The van der Waals surface area contributed by atoms with Crippen LogP contribution in [0.4, 0.5) is 0 Å². The van der Waals surface area contributed by atoms with Crippen molar-refractivity contribution in [1.82, 2.24) is 4.57 Å². The third-order valence-electron chi connectivity index (χ3n) is 2.36. The summed E-state index contributed by atoms with van der Waals surface area (Å²) in [7, 11) is -1.11. The summed E-state index contributed by atoms with van der Waals surface area (Å²) >= 11 is 5.89. The molecule has 1 aromatic rings. The van der Waals surface area contributed by atoms with Crippen molar-refractivity contribution in [1.29, 1.82) is 0 Å². The van der Waals surface area contributed by atoms with Gasteiger partial charge in [-0.05, 0) is 18.2 Å². The van der Waals surface area contributed by atoms with Crippen LogP contribution in [-0.2, 0) is 11.5 Å². The van der Waals surface area contributed by atoms with Crippen molar-refractivity contribution in [2.75, 3.05) is 6.61 Å². The zero-order valence-corrected chi connectivity index (χ0v) is 12.1. The fourth-order valence-electron chi connectivity index (χ4n) is 1.29. The Labute approximate surface area is 107 Å². The van der Waals surface area contributed by atoms with Crippen molar-refractivity contribution in [3.8, 4) is 0 Å². The minimum absolute atomic E-state index is 0.156. The fourth-order valence-corrected chi connectivity index (χ4v) is 2.25. The third-order valence-corrected chi connectivity index (χ3v) is 4.40. The summed E-state index contributed by atoms with van der Waals surface area (Å²) in [6, 6.07) is 4.09. The molecule has 0 atom stereocenters. The van der Waals surface area contributed by atoms with Crippen LogP contribution >= 0.6 is 11.6 Å². The molecule has 1 N–H and O–H groups in total. The quantitative estimate of drug-likeness (QED) is 0.641. The van der Waals surface area contributed by atoms with Crippen LogP contribution in [0.5, 0.6) is 0 Å². The highest BCUT2D eigenvalue weighted by atomic mass is 35.5. The Kier molecular flexibility index (Phi) is 4.79. The molecule has 0 bridgehead atoms. The van der Waals surface area contributed by atoms with Crippen LogP contribution in [0.25, 0.3) is 0 Å². The van der Waals surface area contributed by atoms with E-state index in [0.717, 1.165) is 6.04 Å². The van der Waals surface area contributed by atoms with E-state index in [1.165, 1.54) is 10.6 Å². The lowest BCUT2D eigenvalue weighted by Crippen LogP contribution is -2.22. The SMILES string of the molecule is C[Si](C)(C)CCOCn1c(Cl)ccc1C(=O)O. The number of nitrogens with zero attached hydrogens (tertiary/aromatic N) is 1. The maximum Gasteiger partial charge on any atom is 0.352 e. The molecule has 0 aliphatic carbocycles. The van der Waals surface area contributed by atoms with Crippen molar-refractivity contribution >= 4 is 25.6 Å². The number of aromatic nitrogens is 1. The molecule has 0 aromatic carbocycles. The van der Waals surface area contributed by atoms with Crippen LogP contribution in [-0.4, -0.2) is 30.3 Å². The highest BCUT2D eigenvalue weighted by molar-refractivity contribution is 6.76. The summed E-state index contributed by atoms with van der Waals surface area (Å²) in [6.45, 7) is 7.63. The smallest absolute Gasteiger partial charge is 0.352 e. The fraction of sp³-hybridized carbons (Fsp3) is 0.545. The van der Waals surface area contributed by atoms with Gasteiger partial charge in [0, 0.05) is 14.7 Å². The molecular weight excluding hydrogens is 258 g/mol. The second kappa shape index (κ2) is 5.71. The van der Waals surface area contributed by atoms with Gasteiger partial charge in [0.2, 0.25) is 0 Å². The van der Waals surface area contributed by atoms with Gasteiger partial charge in [0.15, 0.2) is 0 Å². The Bertz CT molecular complexity index is 398. The topological polar surface area (TPSA) is 51.5 Å². The van der Waals surface area contributed by atoms with Crippen molar-refractivity contribution in [3.63, 3.8) is 0 Å². The van der Waals surface area contributed by atoms with Gasteiger partial charge in [0.1, 0.15) is 17.6 Å². The molecule has 0 saturated carbocycles. The molecule has 1 aromatic heterocycles. The van der Waals surface area contributed by atoms with Crippen LogP contribution in [0, 0.1) is 0 Å². The monoisotopic (exact) mass is 275 g/mol. The molecule has 96 valence electrons. The highest BCUT2D eigenvalue weighted by Crippen LogP contribution is 2.15. The zero-order valence-electron chi connectivity index (χ0n) is 10.4. The maximum absolute atomic E-state index is 10.9. The number of carbonyl (C=O) groups is 1. The van der Waals surface area contributed by atoms with Crippen molar-refractivity contribution < 1.29 is 14.6 Å². The van der Waals surface area contributed by atoms with Gasteiger partial charge < -0.3 is 14.4 Å². The summed E-state index contributed by atoms with van der Waals surface area (Å²) in [5, 5.41) is 9.32. The molecule has 6 heteroatoms. The molecule has 1 heterocycles. The molecular formula is C11H18ClNO3Si. The van der Waals surface area contributed by atoms with Gasteiger partial charge in [-0.1, -0.05) is 31.2 Å². The minimum atomic E-state index is -1.11. The maximum atomic E-state index is 10.9. The van der Waals surface area contributed by atoms with Crippen LogP contribution in [0.2, 0.25) is 30.8 Å². The Morgan fingerprint density at radius 2 is 2.12 bits per heavy atom. The lowest BCUT2D eigenvalue weighted by molar-refractivity contribution is 0.0623. The molecule has 0 radical (unpaired) electrons. The number of hydrogen-bond donors (Lipinski definition) is 1. The number of aromatic carboxylic acids is 1. The lowest BCUT2D eigenvalue weighted by Gasteiger charge is -2.16. The molecule has 0 aliphatic heterocycles. The van der Waals surface area contributed by atoms with Gasteiger partial charge >= 0.3 is 5.97 Å². The van der Waals surface area contributed by atoms with E-state index in [2.05, 4.69) is 19.6 Å². The van der Waals surface area contributed by atoms with E-state index in [4.69, 9.17) is 21.4 Å². The number of ether oxygens (including phenoxy) is 1. The Hall–Kier alpha value is -0.783. The van der Waals surface area contributed by atoms with Crippen LogP contribution < -0.4 is 0 Å². The second-order valence-electron chi connectivity index (χ2n) is 5.12. The average Bonchev–Trinajstić information content (AvgIpc) is 2.53. The van der Waals surface area contributed by atoms with E-state index in [9.17, 15) is 4.79 Å². The lowest BCUT2D eigenvalue weighted by atomic mass is 10.4. The Morgan fingerprint density at radius 3 is 2.65 bits per heavy atom. The molecule has 0 aliphatic rings. The number of carboxylic acid groups (broad SMARTS) is 1. The molecule has 0 saturated heterocycles. The number of carboxylic acids is 1. The third kappa shape index (κ3) is 4.53. The summed E-state index contributed by atoms with van der Waals surface area (Å²) in [4.78, 5) is 10.9. The van der Waals surface area contributed by atoms with Gasteiger partial charge in [0.25, 0.3) is 0 Å². The predicted octanol–water partition coefficient (Wildman–Crippen LogP) is 3.15. The Morgan fingerprint density at radius 1 is 1.47 bits per heavy atom. The van der Waals surface area contributed by atoms with Crippen molar-refractivity contribution in [2.24, 2.45) is 0 Å². The number of rotatable bonds is 6. The van der Waals surface area contributed by atoms with Crippen molar-refractivity contribution in [3.05, 3.63) is 23.0 Å². The van der Waals surface area contributed by atoms with Crippen LogP contribution in [0.15, 0.2) is 12.1 Å². The largest absolute Gasteiger partial charge is 0.477 e. The summed E-state index contributed by atoms with van der Waals surface area (Å²) in [5.41, 5.74) is 0.156. The molecule has 4 nitrogen and oxygen atoms in total. The molecule has 0 spiro atoms. The van der Waals surface area contributed by atoms with Gasteiger partial charge in [-0.25, -0.2) is 4.79 Å². The van der Waals surface area contributed by atoms with E-state index >= 15 is 0 Å². The molecule has 1 rings (SSSR count). The van der Waals surface area contributed by atoms with Crippen LogP contribution in [0.3, 0.4) is 0 Å². The predicted molar refractivity (Wildman–Crippen MR) is 70.5 cm³/mol. The molecule has 0 unspecified atom stereocenters. The van der Waals surface area contributed by atoms with E-state index in [-0.39, 0.29) is 12.4 Å². The van der Waals surface area contributed by atoms with Gasteiger partial charge in [-0.3, -0.25) is 0 Å². The standard InChI is InChI=1S/C11H18ClNO3Si/c1-17(2,3)7-6-16-8-13-9(11(14)15)4-5-10(13)12/h4-5H,6-8H2,1-3H3,(H,14,15). The number of hydrogen-bond acceptors (Lipinski definition) is 2. The first-order valence-corrected chi connectivity index (χ1v) is 9.56. The van der Waals surface area contributed by atoms with Crippen molar-refractivity contribution in [2.45, 2.75) is 32.4 Å². The van der Waals surface area contributed by atoms with Crippen LogP contribution in [0.1, 0.15) is 10.5 Å². The first kappa shape index (κ1) is 14.3. The first-order valence-electron chi connectivity index (χ1n) is 5.47.